The first-order valence-corrected chi connectivity index (χ1v) is 6.98. The number of aromatic nitrogens is 1. The molecule has 0 amide bonds. The third-order valence-electron chi connectivity index (χ3n) is 3.38. The number of fused-ring (bicyclic) bond motifs is 1. The molecule has 3 nitrogen and oxygen atoms in total. The quantitative estimate of drug-likeness (QED) is 0.771. The molecule has 17 heavy (non-hydrogen) atoms. The SMILES string of the molecule is CN1CCCN(c2ccnc3ccsc23)CC1. The number of rotatable bonds is 1. The molecule has 0 aromatic carbocycles. The average Bonchev–Trinajstić information content (AvgIpc) is 2.72. The second-order valence-corrected chi connectivity index (χ2v) is 5.53. The molecule has 0 spiro atoms. The minimum absolute atomic E-state index is 1.12. The van der Waals surface area contributed by atoms with E-state index in [2.05, 4.69) is 39.3 Å². The fourth-order valence-corrected chi connectivity index (χ4v) is 3.29. The molecule has 3 rings (SSSR count). The van der Waals surface area contributed by atoms with E-state index in [1.807, 2.05) is 6.20 Å². The Kier molecular flexibility index (Phi) is 2.99. The van der Waals surface area contributed by atoms with Crippen molar-refractivity contribution in [2.45, 2.75) is 6.42 Å². The van der Waals surface area contributed by atoms with Gasteiger partial charge in [-0.05, 0) is 37.5 Å². The molecule has 0 radical (unpaired) electrons. The Morgan fingerprint density at radius 2 is 2.12 bits per heavy atom. The summed E-state index contributed by atoms with van der Waals surface area (Å²) in [7, 11) is 2.21. The van der Waals surface area contributed by atoms with Crippen LogP contribution in [0.2, 0.25) is 0 Å². The number of likely N-dealkylation sites (N-methyl/N-ethyl adjacent to an activating group) is 1. The highest BCUT2D eigenvalue weighted by Gasteiger charge is 2.15. The summed E-state index contributed by atoms with van der Waals surface area (Å²) in [5.41, 5.74) is 2.49. The maximum absolute atomic E-state index is 4.41. The van der Waals surface area contributed by atoms with Crippen LogP contribution in [-0.2, 0) is 0 Å². The van der Waals surface area contributed by atoms with Gasteiger partial charge in [0.1, 0.15) is 0 Å². The van der Waals surface area contributed by atoms with Crippen molar-refractivity contribution in [3.05, 3.63) is 23.7 Å². The van der Waals surface area contributed by atoms with Gasteiger partial charge in [-0.2, -0.15) is 0 Å². The number of thiophene rings is 1. The Morgan fingerprint density at radius 1 is 1.18 bits per heavy atom. The number of nitrogens with zero attached hydrogens (tertiary/aromatic N) is 3. The first-order valence-electron chi connectivity index (χ1n) is 6.10. The fourth-order valence-electron chi connectivity index (χ4n) is 2.40. The van der Waals surface area contributed by atoms with Gasteiger partial charge >= 0.3 is 0 Å². The number of hydrogen-bond donors (Lipinski definition) is 0. The second kappa shape index (κ2) is 4.63. The highest BCUT2D eigenvalue weighted by atomic mass is 32.1. The van der Waals surface area contributed by atoms with Gasteiger partial charge in [0.15, 0.2) is 0 Å². The van der Waals surface area contributed by atoms with Crippen LogP contribution in [0.5, 0.6) is 0 Å². The molecule has 0 bridgehead atoms. The molecule has 0 atom stereocenters. The van der Waals surface area contributed by atoms with Gasteiger partial charge in [0.25, 0.3) is 0 Å². The van der Waals surface area contributed by atoms with Gasteiger partial charge in [0.2, 0.25) is 0 Å². The molecule has 2 aromatic rings. The van der Waals surface area contributed by atoms with Crippen LogP contribution >= 0.6 is 11.3 Å². The van der Waals surface area contributed by atoms with E-state index in [1.54, 1.807) is 11.3 Å². The van der Waals surface area contributed by atoms with Crippen LogP contribution in [-0.4, -0.2) is 43.1 Å². The molecule has 1 saturated heterocycles. The molecule has 0 saturated carbocycles. The van der Waals surface area contributed by atoms with Crippen LogP contribution in [0.25, 0.3) is 10.2 Å². The van der Waals surface area contributed by atoms with Crippen molar-refractivity contribution < 1.29 is 0 Å². The Hall–Kier alpha value is -1.13. The lowest BCUT2D eigenvalue weighted by Crippen LogP contribution is -2.28. The lowest BCUT2D eigenvalue weighted by molar-refractivity contribution is 0.360. The first-order chi connectivity index (χ1) is 8.34. The Labute approximate surface area is 106 Å². The minimum atomic E-state index is 1.12. The summed E-state index contributed by atoms with van der Waals surface area (Å²) < 4.78 is 1.33. The van der Waals surface area contributed by atoms with E-state index in [0.717, 1.165) is 25.2 Å². The summed E-state index contributed by atoms with van der Waals surface area (Å²) >= 11 is 1.80. The van der Waals surface area contributed by atoms with Crippen LogP contribution in [0.4, 0.5) is 5.69 Å². The number of hydrogen-bond acceptors (Lipinski definition) is 4. The maximum Gasteiger partial charge on any atom is 0.0830 e. The summed E-state index contributed by atoms with van der Waals surface area (Å²) in [6, 6.07) is 4.26. The molecular weight excluding hydrogens is 230 g/mol. The molecule has 1 aliphatic rings. The van der Waals surface area contributed by atoms with Gasteiger partial charge in [-0.1, -0.05) is 0 Å². The highest BCUT2D eigenvalue weighted by Crippen LogP contribution is 2.30. The smallest absolute Gasteiger partial charge is 0.0830 e. The van der Waals surface area contributed by atoms with Gasteiger partial charge in [-0.15, -0.1) is 11.3 Å². The average molecular weight is 247 g/mol. The molecule has 0 unspecified atom stereocenters. The van der Waals surface area contributed by atoms with Gasteiger partial charge < -0.3 is 9.80 Å². The summed E-state index contributed by atoms with van der Waals surface area (Å²) in [6.07, 6.45) is 3.17. The van der Waals surface area contributed by atoms with Crippen molar-refractivity contribution in [2.24, 2.45) is 0 Å². The summed E-state index contributed by atoms with van der Waals surface area (Å²) in [4.78, 5) is 9.32. The maximum atomic E-state index is 4.41. The van der Waals surface area contributed by atoms with E-state index in [-0.39, 0.29) is 0 Å². The summed E-state index contributed by atoms with van der Waals surface area (Å²) in [5.74, 6) is 0. The van der Waals surface area contributed by atoms with Crippen LogP contribution in [0.3, 0.4) is 0 Å². The van der Waals surface area contributed by atoms with Crippen molar-refractivity contribution in [1.29, 1.82) is 0 Å². The second-order valence-electron chi connectivity index (χ2n) is 4.61. The molecule has 90 valence electrons. The Morgan fingerprint density at radius 3 is 3.06 bits per heavy atom. The molecule has 2 aromatic heterocycles. The summed E-state index contributed by atoms with van der Waals surface area (Å²) in [5, 5.41) is 2.13. The van der Waals surface area contributed by atoms with E-state index >= 15 is 0 Å². The van der Waals surface area contributed by atoms with Crippen molar-refractivity contribution in [3.8, 4) is 0 Å². The third kappa shape index (κ3) is 2.15. The number of anilines is 1. The van der Waals surface area contributed by atoms with Crippen molar-refractivity contribution in [1.82, 2.24) is 9.88 Å². The van der Waals surface area contributed by atoms with E-state index in [0.29, 0.717) is 0 Å². The van der Waals surface area contributed by atoms with Gasteiger partial charge in [-0.25, -0.2) is 0 Å². The van der Waals surface area contributed by atoms with E-state index in [9.17, 15) is 0 Å². The molecule has 1 aliphatic heterocycles. The molecular formula is C13H17N3S. The molecule has 1 fully saturated rings. The van der Waals surface area contributed by atoms with E-state index in [4.69, 9.17) is 0 Å². The molecule has 0 N–H and O–H groups in total. The van der Waals surface area contributed by atoms with Crippen LogP contribution < -0.4 is 4.90 Å². The van der Waals surface area contributed by atoms with Crippen LogP contribution in [0.1, 0.15) is 6.42 Å². The van der Waals surface area contributed by atoms with Crippen molar-refractivity contribution in [2.75, 3.05) is 38.1 Å². The zero-order valence-corrected chi connectivity index (χ0v) is 10.9. The summed E-state index contributed by atoms with van der Waals surface area (Å²) in [6.45, 7) is 4.62. The fraction of sp³-hybridized carbons (Fsp3) is 0.462. The van der Waals surface area contributed by atoms with Crippen LogP contribution in [0, 0.1) is 0 Å². The Balaban J connectivity index is 1.94. The zero-order chi connectivity index (χ0) is 11.7. The zero-order valence-electron chi connectivity index (χ0n) is 10.1. The minimum Gasteiger partial charge on any atom is -0.369 e. The lowest BCUT2D eigenvalue weighted by atomic mass is 10.3. The number of pyridine rings is 1. The predicted octanol–water partition coefficient (Wildman–Crippen LogP) is 2.44. The third-order valence-corrected chi connectivity index (χ3v) is 4.31. The molecule has 0 aliphatic carbocycles. The molecule has 4 heteroatoms. The van der Waals surface area contributed by atoms with Gasteiger partial charge in [-0.3, -0.25) is 4.98 Å². The van der Waals surface area contributed by atoms with Crippen molar-refractivity contribution in [3.63, 3.8) is 0 Å². The monoisotopic (exact) mass is 247 g/mol. The standard InChI is InChI=1S/C13H17N3S/c1-15-6-2-7-16(9-8-15)12-3-5-14-11-4-10-17-13(11)12/h3-5,10H,2,6-9H2,1H3. The first kappa shape index (κ1) is 11.0. The topological polar surface area (TPSA) is 19.4 Å². The molecule has 3 heterocycles. The van der Waals surface area contributed by atoms with Gasteiger partial charge in [0, 0.05) is 25.8 Å². The van der Waals surface area contributed by atoms with Gasteiger partial charge in [0.05, 0.1) is 15.9 Å². The Bertz CT molecular complexity index is 508. The predicted molar refractivity (Wildman–Crippen MR) is 73.9 cm³/mol. The van der Waals surface area contributed by atoms with Crippen molar-refractivity contribution >= 4 is 27.2 Å². The van der Waals surface area contributed by atoms with Crippen LogP contribution in [0.15, 0.2) is 23.7 Å². The van der Waals surface area contributed by atoms with E-state index in [1.165, 1.54) is 23.4 Å². The lowest BCUT2D eigenvalue weighted by Gasteiger charge is -2.23. The highest BCUT2D eigenvalue weighted by molar-refractivity contribution is 7.17. The largest absolute Gasteiger partial charge is 0.369 e. The normalized spacial score (nSPS) is 18.5. The van der Waals surface area contributed by atoms with E-state index < -0.39 is 0 Å².